The van der Waals surface area contributed by atoms with Crippen molar-refractivity contribution in [3.05, 3.63) is 66.2 Å². The van der Waals surface area contributed by atoms with E-state index >= 15 is 0 Å². The van der Waals surface area contributed by atoms with Crippen LogP contribution in [-0.4, -0.2) is 18.6 Å². The minimum Gasteiger partial charge on any atom is -0.491 e. The van der Waals surface area contributed by atoms with Crippen LogP contribution in [-0.2, 0) is 0 Å². The maximum Gasteiger partial charge on any atom is 0.193 e. The molecule has 0 radical (unpaired) electrons. The lowest BCUT2D eigenvalue weighted by molar-refractivity contribution is 0.242. The quantitative estimate of drug-likeness (QED) is 0.628. The van der Waals surface area contributed by atoms with Crippen LogP contribution in [0.3, 0.4) is 0 Å². The Labute approximate surface area is 137 Å². The lowest BCUT2D eigenvalue weighted by Gasteiger charge is -2.10. The van der Waals surface area contributed by atoms with E-state index in [0.717, 1.165) is 17.0 Å². The van der Waals surface area contributed by atoms with Crippen LogP contribution in [0.1, 0.15) is 19.4 Å². The number of nitrogens with two attached hydrogens (primary N) is 1. The molecule has 2 aromatic rings. The average molecular weight is 309 g/mol. The molecule has 0 saturated heterocycles. The minimum atomic E-state index is 0.164. The fraction of sp³-hybridized carbons (Fsp3) is 0.211. The Hall–Kier alpha value is -2.75. The van der Waals surface area contributed by atoms with E-state index in [4.69, 9.17) is 10.5 Å². The van der Waals surface area contributed by atoms with Gasteiger partial charge in [-0.05, 0) is 43.7 Å². The molecule has 23 heavy (non-hydrogen) atoms. The highest BCUT2D eigenvalue weighted by molar-refractivity contribution is 5.92. The third kappa shape index (κ3) is 6.26. The zero-order valence-corrected chi connectivity index (χ0v) is 13.6. The van der Waals surface area contributed by atoms with Crippen molar-refractivity contribution in [3.8, 4) is 5.75 Å². The molecule has 2 aromatic carbocycles. The van der Waals surface area contributed by atoms with Gasteiger partial charge in [-0.15, -0.1) is 0 Å². The zero-order chi connectivity index (χ0) is 16.5. The van der Waals surface area contributed by atoms with E-state index in [1.807, 2.05) is 80.6 Å². The first-order valence-electron chi connectivity index (χ1n) is 7.69. The second-order valence-electron chi connectivity index (χ2n) is 5.35. The molecule has 0 bridgehead atoms. The van der Waals surface area contributed by atoms with E-state index in [0.29, 0.717) is 12.5 Å². The van der Waals surface area contributed by atoms with Gasteiger partial charge in [0.15, 0.2) is 5.96 Å². The molecular weight excluding hydrogens is 286 g/mol. The molecule has 0 saturated carbocycles. The van der Waals surface area contributed by atoms with Crippen molar-refractivity contribution in [2.75, 3.05) is 11.9 Å². The highest BCUT2D eigenvalue weighted by Gasteiger charge is 1.98. The third-order valence-electron chi connectivity index (χ3n) is 2.98. The van der Waals surface area contributed by atoms with Crippen molar-refractivity contribution in [1.82, 2.24) is 0 Å². The van der Waals surface area contributed by atoms with Gasteiger partial charge in [-0.2, -0.15) is 0 Å². The monoisotopic (exact) mass is 309 g/mol. The largest absolute Gasteiger partial charge is 0.491 e. The number of benzene rings is 2. The van der Waals surface area contributed by atoms with Gasteiger partial charge in [0.1, 0.15) is 5.75 Å². The van der Waals surface area contributed by atoms with E-state index in [2.05, 4.69) is 10.3 Å². The first kappa shape index (κ1) is 16.6. The Kier molecular flexibility index (Phi) is 6.24. The third-order valence-corrected chi connectivity index (χ3v) is 2.98. The van der Waals surface area contributed by atoms with E-state index in [-0.39, 0.29) is 6.10 Å². The SMILES string of the molecule is CC(C)Oc1ccc(NC(N)=NCC=Cc2ccccc2)cc1. The van der Waals surface area contributed by atoms with Crippen molar-refractivity contribution < 1.29 is 4.74 Å². The molecule has 0 aromatic heterocycles. The maximum absolute atomic E-state index is 5.88. The summed E-state index contributed by atoms with van der Waals surface area (Å²) in [6.45, 7) is 4.53. The van der Waals surface area contributed by atoms with Gasteiger partial charge >= 0.3 is 0 Å². The molecule has 0 aliphatic carbocycles. The summed E-state index contributed by atoms with van der Waals surface area (Å²) in [6.07, 6.45) is 4.16. The van der Waals surface area contributed by atoms with Crippen LogP contribution in [0.25, 0.3) is 6.08 Å². The lowest BCUT2D eigenvalue weighted by Crippen LogP contribution is -2.22. The van der Waals surface area contributed by atoms with Crippen molar-refractivity contribution >= 4 is 17.7 Å². The fourth-order valence-corrected chi connectivity index (χ4v) is 1.98. The van der Waals surface area contributed by atoms with Gasteiger partial charge in [0.05, 0.1) is 12.6 Å². The van der Waals surface area contributed by atoms with E-state index < -0.39 is 0 Å². The second-order valence-corrected chi connectivity index (χ2v) is 5.35. The number of hydrogen-bond donors (Lipinski definition) is 2. The van der Waals surface area contributed by atoms with Crippen molar-refractivity contribution in [2.45, 2.75) is 20.0 Å². The van der Waals surface area contributed by atoms with Crippen LogP contribution >= 0.6 is 0 Å². The Bertz CT molecular complexity index is 646. The molecule has 4 nitrogen and oxygen atoms in total. The van der Waals surface area contributed by atoms with Crippen molar-refractivity contribution in [2.24, 2.45) is 10.7 Å². The zero-order valence-electron chi connectivity index (χ0n) is 13.6. The first-order valence-corrected chi connectivity index (χ1v) is 7.69. The molecule has 0 aliphatic rings. The first-order chi connectivity index (χ1) is 11.1. The normalized spacial score (nSPS) is 11.9. The topological polar surface area (TPSA) is 59.6 Å². The molecular formula is C19H23N3O. The number of rotatable bonds is 6. The number of ether oxygens (including phenoxy) is 1. The predicted molar refractivity (Wildman–Crippen MR) is 97.8 cm³/mol. The molecule has 0 atom stereocenters. The van der Waals surface area contributed by atoms with Crippen molar-refractivity contribution in [3.63, 3.8) is 0 Å². The van der Waals surface area contributed by atoms with Gasteiger partial charge in [-0.3, -0.25) is 0 Å². The summed E-state index contributed by atoms with van der Waals surface area (Å²) in [4.78, 5) is 4.27. The summed E-state index contributed by atoms with van der Waals surface area (Å²) in [5, 5.41) is 3.06. The molecule has 0 spiro atoms. The van der Waals surface area contributed by atoms with Crippen LogP contribution in [0.4, 0.5) is 5.69 Å². The molecule has 120 valence electrons. The summed E-state index contributed by atoms with van der Waals surface area (Å²) in [6, 6.07) is 17.7. The maximum atomic E-state index is 5.88. The van der Waals surface area contributed by atoms with Gasteiger partial charge in [0.2, 0.25) is 0 Å². The fourth-order valence-electron chi connectivity index (χ4n) is 1.98. The van der Waals surface area contributed by atoms with E-state index in [1.54, 1.807) is 0 Å². The van der Waals surface area contributed by atoms with Crippen LogP contribution in [0, 0.1) is 0 Å². The van der Waals surface area contributed by atoms with Gasteiger partial charge in [0, 0.05) is 5.69 Å². The standard InChI is InChI=1S/C19H23N3O/c1-15(2)23-18-12-10-17(11-13-18)22-19(20)21-14-6-9-16-7-4-3-5-8-16/h3-13,15H,14H2,1-2H3,(H3,20,21,22). The van der Waals surface area contributed by atoms with Gasteiger partial charge in [-0.1, -0.05) is 42.5 Å². The highest BCUT2D eigenvalue weighted by atomic mass is 16.5. The Morgan fingerprint density at radius 1 is 1.13 bits per heavy atom. The Morgan fingerprint density at radius 2 is 1.83 bits per heavy atom. The number of guanidine groups is 1. The Morgan fingerprint density at radius 3 is 2.48 bits per heavy atom. The van der Waals surface area contributed by atoms with Crippen LogP contribution in [0.2, 0.25) is 0 Å². The van der Waals surface area contributed by atoms with Gasteiger partial charge in [0.25, 0.3) is 0 Å². The Balaban J connectivity index is 1.83. The summed E-state index contributed by atoms with van der Waals surface area (Å²) in [7, 11) is 0. The molecule has 4 heteroatoms. The van der Waals surface area contributed by atoms with E-state index in [1.165, 1.54) is 0 Å². The van der Waals surface area contributed by atoms with Gasteiger partial charge in [-0.25, -0.2) is 4.99 Å². The number of nitrogens with one attached hydrogen (secondary N) is 1. The van der Waals surface area contributed by atoms with E-state index in [9.17, 15) is 0 Å². The number of hydrogen-bond acceptors (Lipinski definition) is 2. The van der Waals surface area contributed by atoms with Crippen LogP contribution in [0.15, 0.2) is 65.7 Å². The molecule has 0 fully saturated rings. The lowest BCUT2D eigenvalue weighted by atomic mass is 10.2. The summed E-state index contributed by atoms with van der Waals surface area (Å²) in [5.41, 5.74) is 7.91. The number of aliphatic imine (C=N–C) groups is 1. The average Bonchev–Trinajstić information content (AvgIpc) is 2.54. The summed E-state index contributed by atoms with van der Waals surface area (Å²) >= 11 is 0. The highest BCUT2D eigenvalue weighted by Crippen LogP contribution is 2.16. The smallest absolute Gasteiger partial charge is 0.193 e. The molecule has 3 N–H and O–H groups in total. The molecule has 0 heterocycles. The molecule has 2 rings (SSSR count). The molecule has 0 aliphatic heterocycles. The summed E-state index contributed by atoms with van der Waals surface area (Å²) < 4.78 is 5.60. The number of nitrogens with zero attached hydrogens (tertiary/aromatic N) is 1. The second kappa shape index (κ2) is 8.63. The molecule has 0 unspecified atom stereocenters. The predicted octanol–water partition coefficient (Wildman–Crippen LogP) is 3.91. The number of anilines is 1. The van der Waals surface area contributed by atoms with Gasteiger partial charge < -0.3 is 15.8 Å². The van der Waals surface area contributed by atoms with Crippen LogP contribution in [0.5, 0.6) is 5.75 Å². The minimum absolute atomic E-state index is 0.164. The van der Waals surface area contributed by atoms with Crippen molar-refractivity contribution in [1.29, 1.82) is 0 Å². The molecule has 0 amide bonds. The van der Waals surface area contributed by atoms with Crippen LogP contribution < -0.4 is 15.8 Å². The summed E-state index contributed by atoms with van der Waals surface area (Å²) in [5.74, 6) is 1.23.